The van der Waals surface area contributed by atoms with Crippen LogP contribution in [0.25, 0.3) is 0 Å². The second-order valence-electron chi connectivity index (χ2n) is 6.33. The molecule has 0 bridgehead atoms. The first-order valence-electron chi connectivity index (χ1n) is 7.77. The number of benzene rings is 1. The Bertz CT molecular complexity index is 528. The maximum Gasteiger partial charge on any atom is 0.255 e. The lowest BCUT2D eigenvalue weighted by Crippen LogP contribution is -2.70. The predicted octanol–water partition coefficient (Wildman–Crippen LogP) is 2.85. The van der Waals surface area contributed by atoms with E-state index in [1.54, 1.807) is 29.2 Å². The molecular formula is C17H25ClN2O2. The predicted molar refractivity (Wildman–Crippen MR) is 89.0 cm³/mol. The van der Waals surface area contributed by atoms with Crippen molar-refractivity contribution < 1.29 is 9.90 Å². The number of aliphatic hydroxyl groups excluding tert-OH is 1. The number of carbonyl (C=O) groups excluding carboxylic acids is 1. The molecule has 0 aromatic heterocycles. The third kappa shape index (κ3) is 3.00. The van der Waals surface area contributed by atoms with E-state index < -0.39 is 5.66 Å². The van der Waals surface area contributed by atoms with E-state index >= 15 is 0 Å². The second-order valence-corrected chi connectivity index (χ2v) is 6.77. The first kappa shape index (κ1) is 17.3. The number of nitrogens with zero attached hydrogens (tertiary/aromatic N) is 2. The van der Waals surface area contributed by atoms with Crippen LogP contribution in [0.15, 0.2) is 24.3 Å². The number of aliphatic hydroxyl groups is 1. The fourth-order valence-corrected chi connectivity index (χ4v) is 3.18. The molecule has 0 spiro atoms. The molecule has 0 saturated carbocycles. The number of β-amino-alcohol motifs (C(OH)–C–C–N with tert-alkyl or cyclic N) is 1. The largest absolute Gasteiger partial charge is 0.390 e. The second kappa shape index (κ2) is 6.57. The third-order valence-electron chi connectivity index (χ3n) is 5.12. The lowest BCUT2D eigenvalue weighted by molar-refractivity contribution is -0.134. The summed E-state index contributed by atoms with van der Waals surface area (Å²) < 4.78 is 0. The molecule has 22 heavy (non-hydrogen) atoms. The first-order chi connectivity index (χ1) is 10.3. The van der Waals surface area contributed by atoms with Gasteiger partial charge in [0.2, 0.25) is 0 Å². The van der Waals surface area contributed by atoms with Gasteiger partial charge in [-0.05, 0) is 37.1 Å². The number of rotatable bonds is 5. The van der Waals surface area contributed by atoms with E-state index in [9.17, 15) is 9.90 Å². The number of amides is 1. The maximum absolute atomic E-state index is 12.8. The van der Waals surface area contributed by atoms with Crippen molar-refractivity contribution in [3.05, 3.63) is 34.9 Å². The minimum absolute atomic E-state index is 0.0270. The Morgan fingerprint density at radius 2 is 2.00 bits per heavy atom. The highest BCUT2D eigenvalue weighted by molar-refractivity contribution is 6.30. The molecule has 1 aromatic rings. The third-order valence-corrected chi connectivity index (χ3v) is 5.38. The SMILES string of the molecule is CC[C@H](C)[C@@](C)(N1CC(O)C1)N(C)C(=O)c1ccc(Cl)cc1. The summed E-state index contributed by atoms with van der Waals surface area (Å²) in [7, 11) is 1.84. The van der Waals surface area contributed by atoms with Crippen molar-refractivity contribution in [1.82, 2.24) is 9.80 Å². The minimum atomic E-state index is -0.412. The highest BCUT2D eigenvalue weighted by Gasteiger charge is 2.47. The summed E-state index contributed by atoms with van der Waals surface area (Å²) in [6, 6.07) is 6.97. The maximum atomic E-state index is 12.8. The molecule has 1 aliphatic rings. The molecule has 1 heterocycles. The van der Waals surface area contributed by atoms with Gasteiger partial charge in [0.15, 0.2) is 0 Å². The van der Waals surface area contributed by atoms with Gasteiger partial charge < -0.3 is 10.0 Å². The van der Waals surface area contributed by atoms with Crippen LogP contribution in [0.2, 0.25) is 5.02 Å². The van der Waals surface area contributed by atoms with Crippen molar-refractivity contribution in [2.45, 2.75) is 39.0 Å². The molecule has 122 valence electrons. The summed E-state index contributed by atoms with van der Waals surface area (Å²) in [5.74, 6) is 0.266. The molecule has 2 rings (SSSR count). The summed E-state index contributed by atoms with van der Waals surface area (Å²) in [4.78, 5) is 16.8. The zero-order valence-corrected chi connectivity index (χ0v) is 14.5. The van der Waals surface area contributed by atoms with E-state index in [1.807, 2.05) is 7.05 Å². The van der Waals surface area contributed by atoms with Crippen LogP contribution in [0.1, 0.15) is 37.6 Å². The van der Waals surface area contributed by atoms with Crippen molar-refractivity contribution in [3.63, 3.8) is 0 Å². The van der Waals surface area contributed by atoms with Gasteiger partial charge in [-0.2, -0.15) is 0 Å². The zero-order chi connectivity index (χ0) is 16.5. The molecule has 4 nitrogen and oxygen atoms in total. The summed E-state index contributed by atoms with van der Waals surface area (Å²) in [6.07, 6.45) is 0.670. The van der Waals surface area contributed by atoms with E-state index in [-0.39, 0.29) is 12.0 Å². The topological polar surface area (TPSA) is 43.8 Å². The van der Waals surface area contributed by atoms with E-state index in [2.05, 4.69) is 25.7 Å². The minimum Gasteiger partial charge on any atom is -0.390 e. The van der Waals surface area contributed by atoms with Crippen LogP contribution in [0.5, 0.6) is 0 Å². The molecule has 1 fully saturated rings. The lowest BCUT2D eigenvalue weighted by atomic mass is 9.87. The van der Waals surface area contributed by atoms with Crippen LogP contribution < -0.4 is 0 Å². The highest BCUT2D eigenvalue weighted by atomic mass is 35.5. The average Bonchev–Trinajstić information content (AvgIpc) is 2.49. The Labute approximate surface area is 137 Å². The summed E-state index contributed by atoms with van der Waals surface area (Å²) >= 11 is 5.90. The highest BCUT2D eigenvalue weighted by Crippen LogP contribution is 2.34. The molecule has 1 N–H and O–H groups in total. The molecule has 5 heteroatoms. The molecule has 0 unspecified atom stereocenters. The zero-order valence-electron chi connectivity index (χ0n) is 13.7. The average molecular weight is 325 g/mol. The van der Waals surface area contributed by atoms with Crippen LogP contribution in [-0.4, -0.2) is 52.7 Å². The Morgan fingerprint density at radius 1 is 1.45 bits per heavy atom. The van der Waals surface area contributed by atoms with Gasteiger partial charge >= 0.3 is 0 Å². The Morgan fingerprint density at radius 3 is 2.45 bits per heavy atom. The summed E-state index contributed by atoms with van der Waals surface area (Å²) in [6.45, 7) is 7.58. The first-order valence-corrected chi connectivity index (χ1v) is 8.15. The monoisotopic (exact) mass is 324 g/mol. The number of hydrogen-bond acceptors (Lipinski definition) is 3. The smallest absolute Gasteiger partial charge is 0.255 e. The van der Waals surface area contributed by atoms with Crippen LogP contribution in [0.3, 0.4) is 0 Å². The Hall–Kier alpha value is -1.10. The number of halogens is 1. The van der Waals surface area contributed by atoms with Gasteiger partial charge in [-0.3, -0.25) is 9.69 Å². The number of hydrogen-bond donors (Lipinski definition) is 1. The van der Waals surface area contributed by atoms with Crippen molar-refractivity contribution in [2.24, 2.45) is 5.92 Å². The summed E-state index contributed by atoms with van der Waals surface area (Å²) in [5.41, 5.74) is 0.215. The van der Waals surface area contributed by atoms with E-state index in [4.69, 9.17) is 11.6 Å². The van der Waals surface area contributed by atoms with Crippen molar-refractivity contribution in [1.29, 1.82) is 0 Å². The van der Waals surface area contributed by atoms with Crippen LogP contribution in [0.4, 0.5) is 0 Å². The van der Waals surface area contributed by atoms with Gasteiger partial charge in [0, 0.05) is 30.7 Å². The van der Waals surface area contributed by atoms with Gasteiger partial charge in [-0.25, -0.2) is 0 Å². The quantitative estimate of drug-likeness (QED) is 0.905. The molecule has 0 radical (unpaired) electrons. The Balaban J connectivity index is 2.26. The molecule has 0 aliphatic carbocycles. The number of carbonyl (C=O) groups is 1. The van der Waals surface area contributed by atoms with Crippen LogP contribution in [-0.2, 0) is 0 Å². The van der Waals surface area contributed by atoms with E-state index in [0.717, 1.165) is 6.42 Å². The van der Waals surface area contributed by atoms with Crippen molar-refractivity contribution >= 4 is 17.5 Å². The fraction of sp³-hybridized carbons (Fsp3) is 0.588. The Kier molecular flexibility index (Phi) is 5.15. The number of likely N-dealkylation sites (tertiary alicyclic amines) is 1. The van der Waals surface area contributed by atoms with Gasteiger partial charge in [0.1, 0.15) is 0 Å². The van der Waals surface area contributed by atoms with Crippen LogP contribution >= 0.6 is 11.6 Å². The normalized spacial score (nSPS) is 20.1. The molecule has 1 saturated heterocycles. The van der Waals surface area contributed by atoms with Gasteiger partial charge in [0.05, 0.1) is 11.8 Å². The molecule has 1 amide bonds. The molecule has 2 atom stereocenters. The van der Waals surface area contributed by atoms with Gasteiger partial charge in [0.25, 0.3) is 5.91 Å². The molecule has 1 aromatic carbocycles. The van der Waals surface area contributed by atoms with E-state index in [0.29, 0.717) is 29.6 Å². The van der Waals surface area contributed by atoms with Gasteiger partial charge in [-0.1, -0.05) is 31.9 Å². The van der Waals surface area contributed by atoms with Crippen molar-refractivity contribution in [3.8, 4) is 0 Å². The fourth-order valence-electron chi connectivity index (χ4n) is 3.06. The lowest BCUT2D eigenvalue weighted by Gasteiger charge is -2.55. The standard InChI is InChI=1S/C17H25ClN2O2/c1-5-12(2)17(3,20-10-15(21)11-20)19(4)16(22)13-6-8-14(18)9-7-13/h6-9,12,15,21H,5,10-11H2,1-4H3/t12-,17+/m0/s1. The molecule has 1 aliphatic heterocycles. The van der Waals surface area contributed by atoms with Crippen molar-refractivity contribution in [2.75, 3.05) is 20.1 Å². The van der Waals surface area contributed by atoms with E-state index in [1.165, 1.54) is 0 Å². The van der Waals surface area contributed by atoms with Gasteiger partial charge in [-0.15, -0.1) is 0 Å². The molecular weight excluding hydrogens is 300 g/mol. The van der Waals surface area contributed by atoms with Crippen LogP contribution in [0, 0.1) is 5.92 Å². The summed E-state index contributed by atoms with van der Waals surface area (Å²) in [5, 5.41) is 10.3.